The van der Waals surface area contributed by atoms with Crippen molar-refractivity contribution in [2.75, 3.05) is 24.2 Å². The van der Waals surface area contributed by atoms with Gasteiger partial charge in [0.25, 0.3) is 0 Å². The minimum absolute atomic E-state index is 0.315. The highest BCUT2D eigenvalue weighted by atomic mass is 16.5. The average molecular weight is 273 g/mol. The van der Waals surface area contributed by atoms with Crippen LogP contribution >= 0.6 is 0 Å². The van der Waals surface area contributed by atoms with Crippen LogP contribution in [0, 0.1) is 0 Å². The van der Waals surface area contributed by atoms with Gasteiger partial charge in [0.2, 0.25) is 0 Å². The predicted octanol–water partition coefficient (Wildman–Crippen LogP) is 3.43. The monoisotopic (exact) mass is 273 g/mol. The van der Waals surface area contributed by atoms with Crippen molar-refractivity contribution in [3.05, 3.63) is 30.6 Å². The van der Waals surface area contributed by atoms with E-state index in [1.807, 2.05) is 24.4 Å². The molecule has 20 heavy (non-hydrogen) atoms. The summed E-state index contributed by atoms with van der Waals surface area (Å²) in [5, 5.41) is 5.58. The van der Waals surface area contributed by atoms with Gasteiger partial charge in [-0.15, -0.1) is 0 Å². The molecular formula is C16H23N3O. The summed E-state index contributed by atoms with van der Waals surface area (Å²) in [7, 11) is 0. The Balaban J connectivity index is 1.89. The maximum atomic E-state index is 5.98. The highest BCUT2D eigenvalue weighted by Crippen LogP contribution is 2.27. The van der Waals surface area contributed by atoms with Crippen molar-refractivity contribution in [3.8, 4) is 0 Å². The molecule has 0 atom stereocenters. The first kappa shape index (κ1) is 14.6. The Morgan fingerprint density at radius 3 is 2.85 bits per heavy atom. The number of anilines is 2. The van der Waals surface area contributed by atoms with Crippen molar-refractivity contribution < 1.29 is 4.74 Å². The van der Waals surface area contributed by atoms with Gasteiger partial charge in [0.05, 0.1) is 6.10 Å². The third kappa shape index (κ3) is 3.84. The number of fused-ring (bicyclic) bond motifs is 1. The van der Waals surface area contributed by atoms with Gasteiger partial charge in [-0.05, 0) is 44.9 Å². The van der Waals surface area contributed by atoms with E-state index in [2.05, 4.69) is 24.1 Å². The minimum atomic E-state index is 0.315. The van der Waals surface area contributed by atoms with E-state index >= 15 is 0 Å². The summed E-state index contributed by atoms with van der Waals surface area (Å²) in [5.41, 5.74) is 7.86. The van der Waals surface area contributed by atoms with Crippen LogP contribution in [0.4, 0.5) is 11.4 Å². The van der Waals surface area contributed by atoms with Crippen molar-refractivity contribution in [2.24, 2.45) is 0 Å². The minimum Gasteiger partial charge on any atom is -0.398 e. The molecule has 1 aromatic carbocycles. The van der Waals surface area contributed by atoms with Crippen LogP contribution in [0.3, 0.4) is 0 Å². The zero-order chi connectivity index (χ0) is 14.4. The molecule has 0 unspecified atom stereocenters. The number of ether oxygens (including phenoxy) is 1. The molecule has 108 valence electrons. The number of nitrogens with two attached hydrogens (primary N) is 1. The predicted molar refractivity (Wildman–Crippen MR) is 85.0 cm³/mol. The number of hydrogen-bond acceptors (Lipinski definition) is 4. The van der Waals surface area contributed by atoms with Crippen LogP contribution in [0.15, 0.2) is 30.6 Å². The summed E-state index contributed by atoms with van der Waals surface area (Å²) in [5.74, 6) is 0. The molecule has 2 aromatic rings. The fourth-order valence-corrected chi connectivity index (χ4v) is 2.14. The number of unbranched alkanes of at least 4 members (excludes halogenated alkanes) is 1. The molecule has 2 rings (SSSR count). The molecule has 0 aliphatic heterocycles. The lowest BCUT2D eigenvalue weighted by molar-refractivity contribution is 0.0765. The van der Waals surface area contributed by atoms with Crippen LogP contribution in [-0.4, -0.2) is 24.2 Å². The molecule has 0 aliphatic carbocycles. The first-order chi connectivity index (χ1) is 9.68. The topological polar surface area (TPSA) is 60.2 Å². The first-order valence-corrected chi connectivity index (χ1v) is 7.16. The zero-order valence-electron chi connectivity index (χ0n) is 12.2. The summed E-state index contributed by atoms with van der Waals surface area (Å²) in [4.78, 5) is 4.18. The van der Waals surface area contributed by atoms with Crippen LogP contribution in [0.25, 0.3) is 10.8 Å². The lowest BCUT2D eigenvalue weighted by Gasteiger charge is -2.11. The molecule has 0 saturated carbocycles. The molecule has 1 heterocycles. The lowest BCUT2D eigenvalue weighted by atomic mass is 10.1. The van der Waals surface area contributed by atoms with Crippen LogP contribution in [0.1, 0.15) is 26.7 Å². The van der Waals surface area contributed by atoms with E-state index in [9.17, 15) is 0 Å². The van der Waals surface area contributed by atoms with Gasteiger partial charge in [0.15, 0.2) is 0 Å². The third-order valence-electron chi connectivity index (χ3n) is 3.19. The van der Waals surface area contributed by atoms with Gasteiger partial charge in [-0.3, -0.25) is 4.98 Å². The summed E-state index contributed by atoms with van der Waals surface area (Å²) in [6.45, 7) is 5.87. The molecule has 1 aromatic heterocycles. The molecule has 0 bridgehead atoms. The highest BCUT2D eigenvalue weighted by molar-refractivity contribution is 6.00. The molecular weight excluding hydrogens is 250 g/mol. The van der Waals surface area contributed by atoms with Crippen LogP contribution in [-0.2, 0) is 4.74 Å². The van der Waals surface area contributed by atoms with Crippen molar-refractivity contribution in [1.82, 2.24) is 4.98 Å². The number of aromatic nitrogens is 1. The normalized spacial score (nSPS) is 11.2. The van der Waals surface area contributed by atoms with E-state index in [0.717, 1.165) is 48.1 Å². The molecule has 0 radical (unpaired) electrons. The zero-order valence-corrected chi connectivity index (χ0v) is 12.2. The van der Waals surface area contributed by atoms with Gasteiger partial charge in [-0.25, -0.2) is 0 Å². The van der Waals surface area contributed by atoms with E-state index in [1.54, 1.807) is 6.20 Å². The Morgan fingerprint density at radius 2 is 2.05 bits per heavy atom. The largest absolute Gasteiger partial charge is 0.398 e. The van der Waals surface area contributed by atoms with Gasteiger partial charge in [0.1, 0.15) is 0 Å². The fraction of sp³-hybridized carbons (Fsp3) is 0.438. The molecule has 4 heteroatoms. The number of hydrogen-bond donors (Lipinski definition) is 2. The van der Waals surface area contributed by atoms with E-state index in [0.29, 0.717) is 6.10 Å². The molecule has 0 spiro atoms. The third-order valence-corrected chi connectivity index (χ3v) is 3.19. The van der Waals surface area contributed by atoms with Crippen LogP contribution < -0.4 is 11.1 Å². The number of benzene rings is 1. The van der Waals surface area contributed by atoms with Gasteiger partial charge >= 0.3 is 0 Å². The quantitative estimate of drug-likeness (QED) is 0.599. The molecule has 3 N–H and O–H groups in total. The van der Waals surface area contributed by atoms with Crippen LogP contribution in [0.2, 0.25) is 0 Å². The van der Waals surface area contributed by atoms with Gasteiger partial charge in [-0.2, -0.15) is 0 Å². The lowest BCUT2D eigenvalue weighted by Crippen LogP contribution is -2.07. The van der Waals surface area contributed by atoms with E-state index < -0.39 is 0 Å². The number of nitrogen functional groups attached to an aromatic ring is 1. The van der Waals surface area contributed by atoms with E-state index in [4.69, 9.17) is 10.5 Å². The van der Waals surface area contributed by atoms with Crippen molar-refractivity contribution in [1.29, 1.82) is 0 Å². The van der Waals surface area contributed by atoms with Gasteiger partial charge < -0.3 is 15.8 Å². The van der Waals surface area contributed by atoms with E-state index in [1.165, 1.54) is 0 Å². The second-order valence-corrected chi connectivity index (χ2v) is 5.18. The fourth-order valence-electron chi connectivity index (χ4n) is 2.14. The number of rotatable bonds is 7. The number of pyridine rings is 1. The standard InChI is InChI=1S/C16H23N3O/c1-12(2)20-10-4-3-8-19-16-6-5-15(17)13-7-9-18-11-14(13)16/h5-7,9,11-12,19H,3-4,8,10,17H2,1-2H3. The molecule has 0 fully saturated rings. The maximum absolute atomic E-state index is 5.98. The first-order valence-electron chi connectivity index (χ1n) is 7.16. The van der Waals surface area contributed by atoms with Crippen LogP contribution in [0.5, 0.6) is 0 Å². The Labute approximate surface area is 120 Å². The number of nitrogens with zero attached hydrogens (tertiary/aromatic N) is 1. The highest BCUT2D eigenvalue weighted by Gasteiger charge is 2.03. The molecule has 0 amide bonds. The average Bonchev–Trinajstić information content (AvgIpc) is 2.45. The van der Waals surface area contributed by atoms with Crippen molar-refractivity contribution >= 4 is 22.1 Å². The van der Waals surface area contributed by atoms with Crippen molar-refractivity contribution in [2.45, 2.75) is 32.8 Å². The van der Waals surface area contributed by atoms with Gasteiger partial charge in [-0.1, -0.05) is 0 Å². The second kappa shape index (κ2) is 7.10. The summed E-state index contributed by atoms with van der Waals surface area (Å²) < 4.78 is 5.53. The Hall–Kier alpha value is -1.81. The van der Waals surface area contributed by atoms with Crippen molar-refractivity contribution in [3.63, 3.8) is 0 Å². The van der Waals surface area contributed by atoms with Gasteiger partial charge in [0, 0.05) is 47.7 Å². The van der Waals surface area contributed by atoms with E-state index in [-0.39, 0.29) is 0 Å². The Kier molecular flexibility index (Phi) is 5.18. The summed E-state index contributed by atoms with van der Waals surface area (Å²) in [6, 6.07) is 5.91. The Morgan fingerprint density at radius 1 is 1.20 bits per heavy atom. The Bertz CT molecular complexity index is 554. The molecule has 0 saturated heterocycles. The number of nitrogens with one attached hydrogen (secondary N) is 1. The maximum Gasteiger partial charge on any atom is 0.0518 e. The second-order valence-electron chi connectivity index (χ2n) is 5.18. The molecule has 4 nitrogen and oxygen atoms in total. The summed E-state index contributed by atoms with van der Waals surface area (Å²) in [6.07, 6.45) is 6.09. The SMILES string of the molecule is CC(C)OCCCCNc1ccc(N)c2ccncc12. The molecule has 0 aliphatic rings. The smallest absolute Gasteiger partial charge is 0.0518 e. The summed E-state index contributed by atoms with van der Waals surface area (Å²) >= 11 is 0.